The second kappa shape index (κ2) is 12.6. The molecule has 0 spiro atoms. The van der Waals surface area contributed by atoms with E-state index in [2.05, 4.69) is 15.5 Å². The van der Waals surface area contributed by atoms with Gasteiger partial charge in [-0.3, -0.25) is 9.59 Å². The normalized spacial score (nSPS) is 14.0. The number of hydrogen-bond donors (Lipinski definition) is 2. The van der Waals surface area contributed by atoms with Crippen molar-refractivity contribution in [3.63, 3.8) is 0 Å². The largest absolute Gasteiger partial charge is 0.454 e. The number of hydrogen-bond acceptors (Lipinski definition) is 6. The number of nitrogens with one attached hydrogen (secondary N) is 2. The summed E-state index contributed by atoms with van der Waals surface area (Å²) in [7, 11) is 0. The summed E-state index contributed by atoms with van der Waals surface area (Å²) >= 11 is 0. The number of urea groups is 1. The fourth-order valence-corrected chi connectivity index (χ4v) is 4.96. The van der Waals surface area contributed by atoms with Crippen molar-refractivity contribution in [3.8, 4) is 11.5 Å². The highest BCUT2D eigenvalue weighted by Crippen LogP contribution is 2.33. The third kappa shape index (κ3) is 6.89. The Balaban J connectivity index is 1.12. The number of aryl methyl sites for hydroxylation is 1. The predicted octanol–water partition coefficient (Wildman–Crippen LogP) is 4.57. The van der Waals surface area contributed by atoms with Gasteiger partial charge in [-0.15, -0.1) is 0 Å². The van der Waals surface area contributed by atoms with Gasteiger partial charge in [0.15, 0.2) is 11.5 Å². The fraction of sp³-hybridized carbons (Fsp3) is 0.323. The van der Waals surface area contributed by atoms with Gasteiger partial charge < -0.3 is 34.8 Å². The number of anilines is 3. The van der Waals surface area contributed by atoms with Gasteiger partial charge in [-0.25, -0.2) is 4.79 Å². The van der Waals surface area contributed by atoms with E-state index in [-0.39, 0.29) is 31.2 Å². The Hall–Kier alpha value is -4.73. The molecule has 0 bridgehead atoms. The molecule has 3 aromatic carbocycles. The molecule has 5 rings (SSSR count). The van der Waals surface area contributed by atoms with Crippen molar-refractivity contribution >= 4 is 34.9 Å². The van der Waals surface area contributed by atoms with Crippen molar-refractivity contribution in [3.05, 3.63) is 77.9 Å². The molecule has 1 saturated heterocycles. The summed E-state index contributed by atoms with van der Waals surface area (Å²) in [4.78, 5) is 44.2. The van der Waals surface area contributed by atoms with E-state index in [1.54, 1.807) is 18.2 Å². The van der Waals surface area contributed by atoms with Crippen LogP contribution in [-0.2, 0) is 4.79 Å². The molecule has 2 aliphatic heterocycles. The molecule has 1 fully saturated rings. The highest BCUT2D eigenvalue weighted by molar-refractivity contribution is 5.99. The molecule has 0 aliphatic carbocycles. The Morgan fingerprint density at radius 1 is 0.854 bits per heavy atom. The molecule has 2 heterocycles. The molecule has 41 heavy (non-hydrogen) atoms. The Morgan fingerprint density at radius 2 is 1.61 bits per heavy atom. The van der Waals surface area contributed by atoms with Gasteiger partial charge in [0.2, 0.25) is 12.7 Å². The zero-order valence-electron chi connectivity index (χ0n) is 23.4. The van der Waals surface area contributed by atoms with E-state index in [0.717, 1.165) is 23.4 Å². The lowest BCUT2D eigenvalue weighted by Gasteiger charge is -2.36. The minimum absolute atomic E-state index is 0.0601. The minimum atomic E-state index is -0.270. The second-order valence-electron chi connectivity index (χ2n) is 10.2. The number of rotatable bonds is 8. The summed E-state index contributed by atoms with van der Waals surface area (Å²) in [5.74, 6) is 0.634. The highest BCUT2D eigenvalue weighted by Gasteiger charge is 2.23. The standard InChI is InChI=1S/C31H35N5O5/c1-3-13-36(30(38)23-7-12-27-28(19-23)41-21-40-27)20-29(37)32-24-8-10-26(11-9-24)34-14-16-35(17-15-34)31(39)33-25-6-4-5-22(2)18-25/h4-12,18-19H,3,13-17,20-21H2,1-2H3,(H,32,37)(H,33,39). The monoisotopic (exact) mass is 557 g/mol. The third-order valence-electron chi connectivity index (χ3n) is 7.09. The highest BCUT2D eigenvalue weighted by atomic mass is 16.7. The molecule has 3 aromatic rings. The molecular weight excluding hydrogens is 522 g/mol. The molecular formula is C31H35N5O5. The first-order valence-corrected chi connectivity index (χ1v) is 13.9. The fourth-order valence-electron chi connectivity index (χ4n) is 4.96. The van der Waals surface area contributed by atoms with E-state index in [4.69, 9.17) is 9.47 Å². The summed E-state index contributed by atoms with van der Waals surface area (Å²) in [6, 6.07) is 20.3. The van der Waals surface area contributed by atoms with Crippen molar-refractivity contribution in [2.75, 3.05) is 61.6 Å². The first-order valence-electron chi connectivity index (χ1n) is 13.9. The van der Waals surface area contributed by atoms with Gasteiger partial charge in [0.1, 0.15) is 6.54 Å². The number of ether oxygens (including phenoxy) is 2. The zero-order chi connectivity index (χ0) is 28.8. The van der Waals surface area contributed by atoms with Crippen LogP contribution in [-0.4, -0.2) is 73.7 Å². The molecule has 0 atom stereocenters. The SMILES string of the molecule is CCCN(CC(=O)Nc1ccc(N2CCN(C(=O)Nc3cccc(C)c3)CC2)cc1)C(=O)c1ccc2c(c1)OCO2. The van der Waals surface area contributed by atoms with E-state index in [9.17, 15) is 14.4 Å². The van der Waals surface area contributed by atoms with Gasteiger partial charge in [-0.1, -0.05) is 19.1 Å². The predicted molar refractivity (Wildman–Crippen MR) is 158 cm³/mol. The number of fused-ring (bicyclic) bond motifs is 1. The van der Waals surface area contributed by atoms with Crippen molar-refractivity contribution < 1.29 is 23.9 Å². The van der Waals surface area contributed by atoms with E-state index in [1.165, 1.54) is 4.90 Å². The third-order valence-corrected chi connectivity index (χ3v) is 7.09. The second-order valence-corrected chi connectivity index (χ2v) is 10.2. The topological polar surface area (TPSA) is 103 Å². The lowest BCUT2D eigenvalue weighted by Crippen LogP contribution is -2.50. The number of carbonyl (C=O) groups is 3. The average Bonchev–Trinajstić information content (AvgIpc) is 3.45. The van der Waals surface area contributed by atoms with Crippen LogP contribution in [0.1, 0.15) is 29.3 Å². The van der Waals surface area contributed by atoms with Crippen molar-refractivity contribution in [1.82, 2.24) is 9.80 Å². The molecule has 0 radical (unpaired) electrons. The van der Waals surface area contributed by atoms with Gasteiger partial charge in [-0.2, -0.15) is 0 Å². The van der Waals surface area contributed by atoms with Crippen LogP contribution in [0, 0.1) is 6.92 Å². The molecule has 4 amide bonds. The van der Waals surface area contributed by atoms with Gasteiger partial charge in [0.05, 0.1) is 0 Å². The molecule has 10 heteroatoms. The number of amides is 4. The zero-order valence-corrected chi connectivity index (χ0v) is 23.4. The average molecular weight is 558 g/mol. The van der Waals surface area contributed by atoms with E-state index >= 15 is 0 Å². The number of nitrogens with zero attached hydrogens (tertiary/aromatic N) is 3. The first-order chi connectivity index (χ1) is 19.9. The Bertz CT molecular complexity index is 1400. The lowest BCUT2D eigenvalue weighted by atomic mass is 10.1. The van der Waals surface area contributed by atoms with Crippen LogP contribution in [0.4, 0.5) is 21.9 Å². The number of piperazine rings is 1. The number of benzene rings is 3. The van der Waals surface area contributed by atoms with Gasteiger partial charge in [0, 0.05) is 55.3 Å². The molecule has 0 aromatic heterocycles. The van der Waals surface area contributed by atoms with Crippen molar-refractivity contribution in [1.29, 1.82) is 0 Å². The van der Waals surface area contributed by atoms with Crippen LogP contribution in [0.15, 0.2) is 66.7 Å². The van der Waals surface area contributed by atoms with Crippen LogP contribution in [0.5, 0.6) is 11.5 Å². The maximum absolute atomic E-state index is 13.1. The summed E-state index contributed by atoms with van der Waals surface area (Å²) in [5.41, 5.74) is 4.02. The minimum Gasteiger partial charge on any atom is -0.454 e. The smallest absolute Gasteiger partial charge is 0.321 e. The van der Waals surface area contributed by atoms with Crippen molar-refractivity contribution in [2.24, 2.45) is 0 Å². The van der Waals surface area contributed by atoms with Crippen LogP contribution < -0.4 is 25.0 Å². The Morgan fingerprint density at radius 3 is 2.34 bits per heavy atom. The molecule has 214 valence electrons. The maximum Gasteiger partial charge on any atom is 0.321 e. The molecule has 2 N–H and O–H groups in total. The maximum atomic E-state index is 13.1. The first kappa shape index (κ1) is 27.8. The van der Waals surface area contributed by atoms with E-state index in [1.807, 2.05) is 67.3 Å². The lowest BCUT2D eigenvalue weighted by molar-refractivity contribution is -0.116. The van der Waals surface area contributed by atoms with Crippen LogP contribution in [0.3, 0.4) is 0 Å². The Kier molecular flexibility index (Phi) is 8.57. The van der Waals surface area contributed by atoms with Crippen LogP contribution in [0.2, 0.25) is 0 Å². The van der Waals surface area contributed by atoms with E-state index in [0.29, 0.717) is 55.5 Å². The molecule has 0 saturated carbocycles. The Labute approximate surface area is 239 Å². The van der Waals surface area contributed by atoms with Crippen LogP contribution >= 0.6 is 0 Å². The van der Waals surface area contributed by atoms with Gasteiger partial charge in [-0.05, 0) is 73.5 Å². The summed E-state index contributed by atoms with van der Waals surface area (Å²) in [6.45, 7) is 7.13. The molecule has 2 aliphatic rings. The molecule has 10 nitrogen and oxygen atoms in total. The van der Waals surface area contributed by atoms with Crippen molar-refractivity contribution in [2.45, 2.75) is 20.3 Å². The summed E-state index contributed by atoms with van der Waals surface area (Å²) < 4.78 is 10.7. The van der Waals surface area contributed by atoms with Crippen LogP contribution in [0.25, 0.3) is 0 Å². The number of carbonyl (C=O) groups excluding carboxylic acids is 3. The van der Waals surface area contributed by atoms with E-state index < -0.39 is 0 Å². The summed E-state index contributed by atoms with van der Waals surface area (Å²) in [6.07, 6.45) is 0.721. The summed E-state index contributed by atoms with van der Waals surface area (Å²) in [5, 5.41) is 5.87. The quantitative estimate of drug-likeness (QED) is 0.421. The van der Waals surface area contributed by atoms with Gasteiger partial charge >= 0.3 is 6.03 Å². The molecule has 0 unspecified atom stereocenters. The van der Waals surface area contributed by atoms with Gasteiger partial charge in [0.25, 0.3) is 5.91 Å².